The molecule has 100 valence electrons. The van der Waals surface area contributed by atoms with E-state index in [1.54, 1.807) is 25.1 Å². The number of rotatable bonds is 4. The van der Waals surface area contributed by atoms with E-state index < -0.39 is 5.82 Å². The van der Waals surface area contributed by atoms with Gasteiger partial charge in [0.15, 0.2) is 0 Å². The number of hydrogen-bond donors (Lipinski definition) is 0. The molecule has 4 heteroatoms. The molecule has 2 rings (SSSR count). The van der Waals surface area contributed by atoms with Crippen LogP contribution in [0.4, 0.5) is 8.78 Å². The highest BCUT2D eigenvalue weighted by atomic mass is 19.1. The Morgan fingerprint density at radius 3 is 2.53 bits per heavy atom. The Hall–Kier alpha value is -2.10. The summed E-state index contributed by atoms with van der Waals surface area (Å²) in [6.45, 7) is 1.85. The summed E-state index contributed by atoms with van der Waals surface area (Å²) in [6, 6.07) is 8.79. The van der Waals surface area contributed by atoms with Gasteiger partial charge in [-0.3, -0.25) is 0 Å². The second kappa shape index (κ2) is 5.69. The van der Waals surface area contributed by atoms with Crippen LogP contribution in [0.3, 0.4) is 0 Å². The lowest BCUT2D eigenvalue weighted by molar-refractivity contribution is 0.295. The third-order valence-corrected chi connectivity index (χ3v) is 2.79. The van der Waals surface area contributed by atoms with E-state index in [9.17, 15) is 8.78 Å². The fourth-order valence-corrected chi connectivity index (χ4v) is 1.66. The molecule has 0 atom stereocenters. The predicted molar refractivity (Wildman–Crippen MR) is 68.4 cm³/mol. The lowest BCUT2D eigenvalue weighted by Crippen LogP contribution is -2.00. The zero-order chi connectivity index (χ0) is 13.8. The third kappa shape index (κ3) is 3.22. The first-order chi connectivity index (χ1) is 9.10. The molecule has 0 bridgehead atoms. The van der Waals surface area contributed by atoms with Crippen LogP contribution >= 0.6 is 0 Å². The van der Waals surface area contributed by atoms with Gasteiger partial charge in [-0.2, -0.15) is 0 Å². The van der Waals surface area contributed by atoms with Crippen LogP contribution < -0.4 is 9.47 Å². The number of benzene rings is 2. The van der Waals surface area contributed by atoms with Crippen molar-refractivity contribution in [3.63, 3.8) is 0 Å². The molecule has 0 saturated heterocycles. The van der Waals surface area contributed by atoms with Crippen molar-refractivity contribution in [2.75, 3.05) is 7.11 Å². The summed E-state index contributed by atoms with van der Waals surface area (Å²) in [5.41, 5.74) is 1.19. The molecule has 0 heterocycles. The molecule has 0 saturated carbocycles. The summed E-state index contributed by atoms with van der Waals surface area (Å²) in [4.78, 5) is 0. The number of aryl methyl sites for hydroxylation is 1. The van der Waals surface area contributed by atoms with E-state index >= 15 is 0 Å². The smallest absolute Gasteiger partial charge is 0.133 e. The molecule has 0 amide bonds. The summed E-state index contributed by atoms with van der Waals surface area (Å²) in [7, 11) is 1.47. The van der Waals surface area contributed by atoms with Gasteiger partial charge in [0.1, 0.15) is 29.7 Å². The summed E-state index contributed by atoms with van der Waals surface area (Å²) in [6.07, 6.45) is 0. The highest BCUT2D eigenvalue weighted by molar-refractivity contribution is 5.33. The van der Waals surface area contributed by atoms with Crippen LogP contribution in [-0.4, -0.2) is 7.11 Å². The Morgan fingerprint density at radius 2 is 1.84 bits per heavy atom. The largest absolute Gasteiger partial charge is 0.497 e. The Bertz CT molecular complexity index is 582. The van der Waals surface area contributed by atoms with Crippen molar-refractivity contribution >= 4 is 0 Å². The minimum absolute atomic E-state index is 0.0418. The van der Waals surface area contributed by atoms with Crippen LogP contribution in [0.2, 0.25) is 0 Å². The van der Waals surface area contributed by atoms with Crippen LogP contribution in [0.15, 0.2) is 36.4 Å². The number of ether oxygens (including phenoxy) is 2. The van der Waals surface area contributed by atoms with Gasteiger partial charge < -0.3 is 9.47 Å². The maximum absolute atomic E-state index is 13.7. The molecule has 2 aromatic rings. The summed E-state index contributed by atoms with van der Waals surface area (Å²) in [5.74, 6) is 0.0719. The second-order valence-electron chi connectivity index (χ2n) is 4.16. The maximum atomic E-state index is 13.7. The van der Waals surface area contributed by atoms with Gasteiger partial charge in [0.05, 0.1) is 7.11 Å². The van der Waals surface area contributed by atoms with Crippen molar-refractivity contribution in [1.29, 1.82) is 0 Å². The molecule has 19 heavy (non-hydrogen) atoms. The fourth-order valence-electron chi connectivity index (χ4n) is 1.66. The predicted octanol–water partition coefficient (Wildman–Crippen LogP) is 3.86. The summed E-state index contributed by atoms with van der Waals surface area (Å²) in [5, 5.41) is 0. The van der Waals surface area contributed by atoms with Gasteiger partial charge in [0.2, 0.25) is 0 Å². The topological polar surface area (TPSA) is 18.5 Å². The van der Waals surface area contributed by atoms with E-state index in [1.807, 2.05) is 0 Å². The second-order valence-corrected chi connectivity index (χ2v) is 4.16. The van der Waals surface area contributed by atoms with Crippen LogP contribution in [0, 0.1) is 18.6 Å². The van der Waals surface area contributed by atoms with E-state index in [0.717, 1.165) is 5.56 Å². The molecule has 2 aromatic carbocycles. The first kappa shape index (κ1) is 13.3. The molecule has 0 aliphatic heterocycles. The van der Waals surface area contributed by atoms with Crippen molar-refractivity contribution in [2.24, 2.45) is 0 Å². The van der Waals surface area contributed by atoms with Gasteiger partial charge in [-0.25, -0.2) is 8.78 Å². The van der Waals surface area contributed by atoms with Crippen LogP contribution in [0.25, 0.3) is 0 Å². The van der Waals surface area contributed by atoms with Gasteiger partial charge in [-0.1, -0.05) is 6.07 Å². The van der Waals surface area contributed by atoms with E-state index in [4.69, 9.17) is 9.47 Å². The van der Waals surface area contributed by atoms with Crippen LogP contribution in [-0.2, 0) is 6.61 Å². The molecule has 0 unspecified atom stereocenters. The van der Waals surface area contributed by atoms with Crippen molar-refractivity contribution in [3.8, 4) is 11.5 Å². The van der Waals surface area contributed by atoms with Gasteiger partial charge in [0.25, 0.3) is 0 Å². The quantitative estimate of drug-likeness (QED) is 0.834. The number of hydrogen-bond acceptors (Lipinski definition) is 2. The van der Waals surface area contributed by atoms with Gasteiger partial charge >= 0.3 is 0 Å². The van der Waals surface area contributed by atoms with Crippen molar-refractivity contribution in [2.45, 2.75) is 13.5 Å². The van der Waals surface area contributed by atoms with Crippen LogP contribution in [0.1, 0.15) is 11.1 Å². The first-order valence-corrected chi connectivity index (χ1v) is 5.81. The molecule has 0 spiro atoms. The van der Waals surface area contributed by atoms with Crippen molar-refractivity contribution in [3.05, 3.63) is 59.2 Å². The minimum atomic E-state index is -0.409. The van der Waals surface area contributed by atoms with Crippen molar-refractivity contribution in [1.82, 2.24) is 0 Å². The highest BCUT2D eigenvalue weighted by Gasteiger charge is 2.07. The molecule has 0 radical (unpaired) electrons. The lowest BCUT2D eigenvalue weighted by atomic mass is 10.2. The fraction of sp³-hybridized carbons (Fsp3) is 0.200. The van der Waals surface area contributed by atoms with E-state index in [1.165, 1.54) is 25.3 Å². The Balaban J connectivity index is 2.12. The number of halogens is 2. The lowest BCUT2D eigenvalue weighted by Gasteiger charge is -2.10. The minimum Gasteiger partial charge on any atom is -0.497 e. The average molecular weight is 264 g/mol. The van der Waals surface area contributed by atoms with E-state index in [0.29, 0.717) is 17.1 Å². The molecule has 0 aliphatic carbocycles. The SMILES string of the molecule is COc1ccc(COc2cc(F)ccc2C)c(F)c1. The molecule has 2 nitrogen and oxygen atoms in total. The monoisotopic (exact) mass is 264 g/mol. The molecule has 0 N–H and O–H groups in total. The normalized spacial score (nSPS) is 10.3. The summed E-state index contributed by atoms with van der Waals surface area (Å²) < 4.78 is 37.1. The van der Waals surface area contributed by atoms with Crippen molar-refractivity contribution < 1.29 is 18.3 Å². The molecule has 0 aliphatic rings. The standard InChI is InChI=1S/C15H14F2O2/c1-10-3-5-12(16)7-15(10)19-9-11-4-6-13(18-2)8-14(11)17/h3-8H,9H2,1-2H3. The zero-order valence-corrected chi connectivity index (χ0v) is 10.7. The van der Waals surface area contributed by atoms with E-state index in [-0.39, 0.29) is 12.4 Å². The van der Waals surface area contributed by atoms with Gasteiger partial charge in [-0.05, 0) is 30.7 Å². The maximum Gasteiger partial charge on any atom is 0.133 e. The van der Waals surface area contributed by atoms with Crippen LogP contribution in [0.5, 0.6) is 11.5 Å². The molecular weight excluding hydrogens is 250 g/mol. The summed E-state index contributed by atoms with van der Waals surface area (Å²) >= 11 is 0. The Labute approximate surface area is 110 Å². The van der Waals surface area contributed by atoms with Gasteiger partial charge in [0, 0.05) is 17.7 Å². The first-order valence-electron chi connectivity index (χ1n) is 5.81. The number of methoxy groups -OCH3 is 1. The zero-order valence-electron chi connectivity index (χ0n) is 10.7. The molecule has 0 fully saturated rings. The molecular formula is C15H14F2O2. The average Bonchev–Trinajstić information content (AvgIpc) is 2.40. The van der Waals surface area contributed by atoms with Gasteiger partial charge in [-0.15, -0.1) is 0 Å². The highest BCUT2D eigenvalue weighted by Crippen LogP contribution is 2.22. The molecule has 0 aromatic heterocycles. The Morgan fingerprint density at radius 1 is 1.05 bits per heavy atom. The third-order valence-electron chi connectivity index (χ3n) is 2.79. The van der Waals surface area contributed by atoms with E-state index in [2.05, 4.69) is 0 Å². The Kier molecular flexibility index (Phi) is 4.00.